The number of ether oxygens (including phenoxy) is 5. The van der Waals surface area contributed by atoms with Crippen molar-refractivity contribution >= 4 is 0 Å². The molecule has 3 heterocycles. The van der Waals surface area contributed by atoms with Crippen molar-refractivity contribution in [3.05, 3.63) is 0 Å². The van der Waals surface area contributed by atoms with Crippen LogP contribution in [0.4, 0.5) is 0 Å². The highest BCUT2D eigenvalue weighted by Crippen LogP contribution is 2.47. The number of aliphatic hydroxyl groups is 1. The van der Waals surface area contributed by atoms with Gasteiger partial charge < -0.3 is 28.8 Å². The van der Waals surface area contributed by atoms with Crippen molar-refractivity contribution in [2.75, 3.05) is 6.61 Å². The van der Waals surface area contributed by atoms with Crippen molar-refractivity contribution < 1.29 is 28.8 Å². The topological polar surface area (TPSA) is 66.4 Å². The molecule has 0 saturated carbocycles. The van der Waals surface area contributed by atoms with Crippen molar-refractivity contribution in [2.45, 2.75) is 75.9 Å². The Hall–Kier alpha value is -0.680. The minimum absolute atomic E-state index is 0.0958. The summed E-state index contributed by atoms with van der Waals surface area (Å²) >= 11 is 0. The SMILES string of the molecule is C#CC[C@@]1(O)[C@@H](C2COC(C)(C)O2)O[C@@H]2OC(C)(C)O[C@@H]21. The maximum atomic E-state index is 11.1. The van der Waals surface area contributed by atoms with E-state index >= 15 is 0 Å². The summed E-state index contributed by atoms with van der Waals surface area (Å²) in [7, 11) is 0. The predicted octanol–water partition coefficient (Wildman–Crippen LogP) is 0.769. The molecule has 3 saturated heterocycles. The summed E-state index contributed by atoms with van der Waals surface area (Å²) in [6, 6.07) is 0. The van der Waals surface area contributed by atoms with Gasteiger partial charge in [0.2, 0.25) is 0 Å². The second kappa shape index (κ2) is 4.66. The van der Waals surface area contributed by atoms with Gasteiger partial charge in [0.25, 0.3) is 0 Å². The molecule has 3 aliphatic heterocycles. The summed E-state index contributed by atoms with van der Waals surface area (Å²) in [4.78, 5) is 0. The molecule has 1 N–H and O–H groups in total. The van der Waals surface area contributed by atoms with Gasteiger partial charge in [0.05, 0.1) is 6.61 Å². The zero-order valence-corrected chi connectivity index (χ0v) is 12.8. The average Bonchev–Trinajstić information content (AvgIpc) is 2.92. The summed E-state index contributed by atoms with van der Waals surface area (Å²) in [5, 5.41) is 11.1. The Labute approximate surface area is 124 Å². The van der Waals surface area contributed by atoms with Crippen LogP contribution >= 0.6 is 0 Å². The Morgan fingerprint density at radius 1 is 1.10 bits per heavy atom. The Kier molecular flexibility index (Phi) is 3.38. The highest BCUT2D eigenvalue weighted by atomic mass is 16.8. The van der Waals surface area contributed by atoms with Crippen molar-refractivity contribution in [2.24, 2.45) is 0 Å². The molecule has 0 aliphatic carbocycles. The normalized spacial score (nSPS) is 47.2. The van der Waals surface area contributed by atoms with E-state index in [0.717, 1.165) is 0 Å². The molecule has 118 valence electrons. The van der Waals surface area contributed by atoms with Crippen molar-refractivity contribution in [3.8, 4) is 12.3 Å². The molecule has 1 unspecified atom stereocenters. The lowest BCUT2D eigenvalue weighted by atomic mass is 9.86. The first-order valence-electron chi connectivity index (χ1n) is 7.16. The lowest BCUT2D eigenvalue weighted by molar-refractivity contribution is -0.247. The highest BCUT2D eigenvalue weighted by Gasteiger charge is 2.65. The van der Waals surface area contributed by atoms with E-state index in [1.165, 1.54) is 0 Å². The third-order valence-corrected chi connectivity index (χ3v) is 4.08. The van der Waals surface area contributed by atoms with Crippen LogP contribution in [0, 0.1) is 12.3 Å². The van der Waals surface area contributed by atoms with E-state index in [4.69, 9.17) is 30.1 Å². The Morgan fingerprint density at radius 2 is 1.81 bits per heavy atom. The van der Waals surface area contributed by atoms with Crippen LogP contribution in [-0.2, 0) is 23.7 Å². The first kappa shape index (κ1) is 15.2. The lowest BCUT2D eigenvalue weighted by Gasteiger charge is -2.34. The number of hydrogen-bond donors (Lipinski definition) is 1. The molecule has 0 aromatic heterocycles. The zero-order valence-electron chi connectivity index (χ0n) is 12.8. The van der Waals surface area contributed by atoms with E-state index in [0.29, 0.717) is 6.61 Å². The van der Waals surface area contributed by atoms with Gasteiger partial charge in [0.1, 0.15) is 23.9 Å². The van der Waals surface area contributed by atoms with Crippen molar-refractivity contribution in [1.29, 1.82) is 0 Å². The second-order valence-corrected chi connectivity index (χ2v) is 6.72. The number of fused-ring (bicyclic) bond motifs is 1. The third-order valence-electron chi connectivity index (χ3n) is 4.08. The summed E-state index contributed by atoms with van der Waals surface area (Å²) in [6.07, 6.45) is 3.16. The van der Waals surface area contributed by atoms with Crippen LogP contribution in [0.2, 0.25) is 0 Å². The minimum atomic E-state index is -1.36. The van der Waals surface area contributed by atoms with Crippen LogP contribution in [0.3, 0.4) is 0 Å². The van der Waals surface area contributed by atoms with Gasteiger partial charge in [-0.05, 0) is 27.7 Å². The molecule has 0 spiro atoms. The smallest absolute Gasteiger partial charge is 0.190 e. The van der Waals surface area contributed by atoms with E-state index in [1.807, 2.05) is 13.8 Å². The molecule has 0 aromatic rings. The molecule has 6 nitrogen and oxygen atoms in total. The zero-order chi connectivity index (χ0) is 15.5. The fourth-order valence-electron chi connectivity index (χ4n) is 3.23. The Balaban J connectivity index is 1.84. The number of rotatable bonds is 2. The fourth-order valence-corrected chi connectivity index (χ4v) is 3.23. The maximum absolute atomic E-state index is 11.1. The molecule has 3 aliphatic rings. The number of hydrogen-bond acceptors (Lipinski definition) is 6. The van der Waals surface area contributed by atoms with Gasteiger partial charge in [-0.2, -0.15) is 0 Å². The molecule has 3 rings (SSSR count). The van der Waals surface area contributed by atoms with Gasteiger partial charge in [0, 0.05) is 6.42 Å². The largest absolute Gasteiger partial charge is 0.383 e. The Bertz CT molecular complexity index is 467. The van der Waals surface area contributed by atoms with Crippen LogP contribution in [0.5, 0.6) is 0 Å². The third kappa shape index (κ3) is 2.48. The summed E-state index contributed by atoms with van der Waals surface area (Å²) in [6.45, 7) is 7.52. The van der Waals surface area contributed by atoms with Gasteiger partial charge in [-0.25, -0.2) is 0 Å². The standard InChI is InChI=1S/C15H22O6/c1-6-7-15(16)10(9-8-17-13(2,3)19-9)18-12-11(15)20-14(4,5)21-12/h1,9-12,16H,7-8H2,2-5H3/t9?,10-,11+,12-,15-/m1/s1. The molecule has 3 fully saturated rings. The lowest BCUT2D eigenvalue weighted by Crippen LogP contribution is -2.53. The highest BCUT2D eigenvalue weighted by molar-refractivity contribution is 5.13. The molecule has 5 atom stereocenters. The molecule has 0 radical (unpaired) electrons. The summed E-state index contributed by atoms with van der Waals surface area (Å²) in [5.41, 5.74) is -1.36. The van der Waals surface area contributed by atoms with Crippen LogP contribution in [0.1, 0.15) is 34.1 Å². The van der Waals surface area contributed by atoms with E-state index < -0.39 is 41.8 Å². The van der Waals surface area contributed by atoms with Gasteiger partial charge in [-0.3, -0.25) is 0 Å². The van der Waals surface area contributed by atoms with E-state index in [2.05, 4.69) is 5.92 Å². The molecule has 0 amide bonds. The van der Waals surface area contributed by atoms with E-state index in [-0.39, 0.29) is 6.42 Å². The Morgan fingerprint density at radius 3 is 2.38 bits per heavy atom. The fraction of sp³-hybridized carbons (Fsp3) is 0.867. The maximum Gasteiger partial charge on any atom is 0.190 e. The van der Waals surface area contributed by atoms with Crippen LogP contribution in [-0.4, -0.2) is 53.5 Å². The van der Waals surface area contributed by atoms with Crippen molar-refractivity contribution in [1.82, 2.24) is 0 Å². The van der Waals surface area contributed by atoms with Gasteiger partial charge in [-0.15, -0.1) is 12.3 Å². The van der Waals surface area contributed by atoms with Crippen LogP contribution < -0.4 is 0 Å². The minimum Gasteiger partial charge on any atom is -0.383 e. The second-order valence-electron chi connectivity index (χ2n) is 6.72. The van der Waals surface area contributed by atoms with E-state index in [9.17, 15) is 5.11 Å². The van der Waals surface area contributed by atoms with Crippen LogP contribution in [0.25, 0.3) is 0 Å². The molecular formula is C15H22O6. The monoisotopic (exact) mass is 298 g/mol. The predicted molar refractivity (Wildman–Crippen MR) is 72.0 cm³/mol. The molecular weight excluding hydrogens is 276 g/mol. The number of terminal acetylenes is 1. The molecule has 0 aromatic carbocycles. The molecule has 0 bridgehead atoms. The quantitative estimate of drug-likeness (QED) is 0.760. The van der Waals surface area contributed by atoms with Gasteiger partial charge in [0.15, 0.2) is 17.9 Å². The van der Waals surface area contributed by atoms with Gasteiger partial charge >= 0.3 is 0 Å². The first-order chi connectivity index (χ1) is 9.67. The molecule has 21 heavy (non-hydrogen) atoms. The van der Waals surface area contributed by atoms with Gasteiger partial charge in [-0.1, -0.05) is 0 Å². The summed E-state index contributed by atoms with van der Waals surface area (Å²) in [5.74, 6) is 0.987. The first-order valence-corrected chi connectivity index (χ1v) is 7.16. The van der Waals surface area contributed by atoms with Crippen LogP contribution in [0.15, 0.2) is 0 Å². The van der Waals surface area contributed by atoms with E-state index in [1.54, 1.807) is 13.8 Å². The summed E-state index contributed by atoms with van der Waals surface area (Å²) < 4.78 is 28.7. The average molecular weight is 298 g/mol. The molecule has 6 heteroatoms. The van der Waals surface area contributed by atoms with Crippen molar-refractivity contribution in [3.63, 3.8) is 0 Å².